The van der Waals surface area contributed by atoms with Gasteiger partial charge in [0.05, 0.1) is 18.2 Å². The van der Waals surface area contributed by atoms with E-state index in [0.29, 0.717) is 0 Å². The lowest BCUT2D eigenvalue weighted by atomic mass is 9.75. The van der Waals surface area contributed by atoms with Crippen LogP contribution in [-0.4, -0.2) is 40.6 Å². The predicted octanol–water partition coefficient (Wildman–Crippen LogP) is 1.59. The molecule has 0 aliphatic carbocycles. The van der Waals surface area contributed by atoms with Crippen LogP contribution in [0.25, 0.3) is 0 Å². The highest BCUT2D eigenvalue weighted by Crippen LogP contribution is 2.44. The van der Waals surface area contributed by atoms with Crippen molar-refractivity contribution < 1.29 is 9.29 Å². The topological polar surface area (TPSA) is 56.3 Å². The van der Waals surface area contributed by atoms with Crippen molar-refractivity contribution in [1.29, 1.82) is 0 Å². The van der Waals surface area contributed by atoms with Gasteiger partial charge in [0.25, 0.3) is 0 Å². The maximum absolute atomic E-state index is 12.5. The molecule has 112 valence electrons. The van der Waals surface area contributed by atoms with Crippen molar-refractivity contribution in [2.75, 3.05) is 19.7 Å². The molecular formula is C14H28N2O2S. The largest absolute Gasteiger partial charge is 0.598 e. The molecule has 0 aromatic rings. The third-order valence-electron chi connectivity index (χ3n) is 4.27. The van der Waals surface area contributed by atoms with Crippen molar-refractivity contribution in [3.05, 3.63) is 0 Å². The molecule has 2 fully saturated rings. The van der Waals surface area contributed by atoms with E-state index in [4.69, 9.17) is 4.74 Å². The smallest absolute Gasteiger partial charge is 0.136 e. The first-order valence-electron chi connectivity index (χ1n) is 7.20. The molecule has 0 bridgehead atoms. The summed E-state index contributed by atoms with van der Waals surface area (Å²) in [6, 6.07) is 0.155. The predicted molar refractivity (Wildman–Crippen MR) is 79.4 cm³/mol. The van der Waals surface area contributed by atoms with E-state index in [1.54, 1.807) is 0 Å². The van der Waals surface area contributed by atoms with Crippen LogP contribution in [-0.2, 0) is 16.1 Å². The Morgan fingerprint density at radius 1 is 1.26 bits per heavy atom. The van der Waals surface area contributed by atoms with Crippen LogP contribution in [0.15, 0.2) is 0 Å². The number of piperidine rings is 1. The number of rotatable bonds is 2. The molecule has 4 nitrogen and oxygen atoms in total. The van der Waals surface area contributed by atoms with Crippen molar-refractivity contribution in [2.24, 2.45) is 5.41 Å². The van der Waals surface area contributed by atoms with E-state index in [2.05, 4.69) is 23.9 Å². The zero-order valence-corrected chi connectivity index (χ0v) is 13.7. The summed E-state index contributed by atoms with van der Waals surface area (Å²) in [6.45, 7) is 13.2. The Morgan fingerprint density at radius 2 is 1.84 bits per heavy atom. The van der Waals surface area contributed by atoms with E-state index in [1.807, 2.05) is 20.8 Å². The quantitative estimate of drug-likeness (QED) is 0.758. The summed E-state index contributed by atoms with van der Waals surface area (Å²) in [5, 5.41) is 3.38. The van der Waals surface area contributed by atoms with E-state index in [0.717, 1.165) is 32.5 Å². The number of ether oxygens (including phenoxy) is 1. The molecular weight excluding hydrogens is 260 g/mol. The van der Waals surface area contributed by atoms with Crippen LogP contribution in [0.5, 0.6) is 0 Å². The minimum atomic E-state index is -1.05. The van der Waals surface area contributed by atoms with Gasteiger partial charge in [-0.15, -0.1) is 4.72 Å². The molecule has 2 atom stereocenters. The van der Waals surface area contributed by atoms with Gasteiger partial charge >= 0.3 is 0 Å². The monoisotopic (exact) mass is 288 g/mol. The molecule has 2 heterocycles. The molecule has 0 radical (unpaired) electrons. The van der Waals surface area contributed by atoms with Crippen molar-refractivity contribution >= 4 is 11.4 Å². The molecule has 19 heavy (non-hydrogen) atoms. The molecule has 0 aromatic carbocycles. The van der Waals surface area contributed by atoms with Crippen molar-refractivity contribution in [3.63, 3.8) is 0 Å². The Morgan fingerprint density at radius 3 is 2.37 bits per heavy atom. The van der Waals surface area contributed by atoms with Crippen LogP contribution < -0.4 is 10.0 Å². The SMILES string of the molecule is CC1(C)COC2(CCNCC2)[C@H]1N[S+]([O-])C(C)(C)C. The normalized spacial score (nSPS) is 31.6. The highest BCUT2D eigenvalue weighted by molar-refractivity contribution is 7.90. The lowest BCUT2D eigenvalue weighted by Crippen LogP contribution is -2.60. The number of hydrogen-bond donors (Lipinski definition) is 2. The first kappa shape index (κ1) is 15.6. The molecule has 2 rings (SSSR count). The average Bonchev–Trinajstić information content (AvgIpc) is 2.54. The van der Waals surface area contributed by atoms with Gasteiger partial charge in [-0.25, -0.2) is 0 Å². The van der Waals surface area contributed by atoms with Crippen LogP contribution >= 0.6 is 0 Å². The Labute approximate surface area is 120 Å². The second-order valence-electron chi connectivity index (χ2n) is 7.52. The third-order valence-corrected chi connectivity index (χ3v) is 5.83. The van der Waals surface area contributed by atoms with Gasteiger partial charge in [0, 0.05) is 16.8 Å². The van der Waals surface area contributed by atoms with Crippen molar-refractivity contribution in [1.82, 2.24) is 10.0 Å². The van der Waals surface area contributed by atoms with E-state index in [9.17, 15) is 4.55 Å². The minimum Gasteiger partial charge on any atom is -0.598 e. The lowest BCUT2D eigenvalue weighted by molar-refractivity contribution is -0.0302. The Hall–Kier alpha value is 0.190. The maximum atomic E-state index is 12.5. The summed E-state index contributed by atoms with van der Waals surface area (Å²) in [6.07, 6.45) is 1.99. The fourth-order valence-corrected chi connectivity index (χ4v) is 4.14. The van der Waals surface area contributed by atoms with Gasteiger partial charge in [-0.05, 0) is 46.7 Å². The summed E-state index contributed by atoms with van der Waals surface area (Å²) in [5.41, 5.74) is -0.117. The van der Waals surface area contributed by atoms with Crippen LogP contribution in [0, 0.1) is 5.41 Å². The zero-order valence-electron chi connectivity index (χ0n) is 12.8. The standard InChI is InChI=1S/C14H28N2O2S/c1-12(2,3)19(17)16-11-13(4,5)10-18-14(11)6-8-15-9-7-14/h11,15-16H,6-10H2,1-5H3/t11-,19?/m0/s1. The summed E-state index contributed by atoms with van der Waals surface area (Å²) < 4.78 is 21.8. The lowest BCUT2D eigenvalue weighted by Gasteiger charge is -2.42. The summed E-state index contributed by atoms with van der Waals surface area (Å²) in [4.78, 5) is 0. The molecule has 2 aliphatic rings. The van der Waals surface area contributed by atoms with Gasteiger partial charge in [0.15, 0.2) is 0 Å². The highest BCUT2D eigenvalue weighted by atomic mass is 32.2. The second kappa shape index (κ2) is 5.19. The van der Waals surface area contributed by atoms with Gasteiger partial charge in [-0.1, -0.05) is 13.8 Å². The molecule has 2 saturated heterocycles. The Balaban J connectivity index is 2.17. The van der Waals surface area contributed by atoms with Crippen LogP contribution in [0.3, 0.4) is 0 Å². The highest BCUT2D eigenvalue weighted by Gasteiger charge is 2.56. The molecule has 0 amide bonds. The van der Waals surface area contributed by atoms with E-state index < -0.39 is 11.4 Å². The van der Waals surface area contributed by atoms with Crippen LogP contribution in [0.1, 0.15) is 47.5 Å². The summed E-state index contributed by atoms with van der Waals surface area (Å²) >= 11 is -1.05. The Kier molecular flexibility index (Phi) is 4.25. The van der Waals surface area contributed by atoms with Crippen LogP contribution in [0.2, 0.25) is 0 Å². The van der Waals surface area contributed by atoms with Gasteiger partial charge in [0.1, 0.15) is 4.75 Å². The first-order chi connectivity index (χ1) is 8.67. The second-order valence-corrected chi connectivity index (χ2v) is 9.52. The third kappa shape index (κ3) is 3.10. The van der Waals surface area contributed by atoms with Gasteiger partial charge in [-0.2, -0.15) is 0 Å². The molecule has 1 spiro atoms. The molecule has 2 N–H and O–H groups in total. The van der Waals surface area contributed by atoms with Crippen LogP contribution in [0.4, 0.5) is 0 Å². The molecule has 1 unspecified atom stereocenters. The fraction of sp³-hybridized carbons (Fsp3) is 1.00. The molecule has 5 heteroatoms. The molecule has 2 aliphatic heterocycles. The van der Waals surface area contributed by atoms with Gasteiger partial charge in [-0.3, -0.25) is 0 Å². The Bertz CT molecular complexity index is 322. The molecule has 0 saturated carbocycles. The van der Waals surface area contributed by atoms with Crippen molar-refractivity contribution in [2.45, 2.75) is 63.9 Å². The maximum Gasteiger partial charge on any atom is 0.136 e. The summed E-state index contributed by atoms with van der Waals surface area (Å²) in [5.74, 6) is 0. The fourth-order valence-electron chi connectivity index (χ4n) is 3.04. The number of hydrogen-bond acceptors (Lipinski definition) is 4. The van der Waals surface area contributed by atoms with Crippen molar-refractivity contribution in [3.8, 4) is 0 Å². The van der Waals surface area contributed by atoms with Gasteiger partial charge in [0.2, 0.25) is 0 Å². The summed E-state index contributed by atoms with van der Waals surface area (Å²) in [7, 11) is 0. The minimum absolute atomic E-state index is 0.0260. The van der Waals surface area contributed by atoms with E-state index in [-0.39, 0.29) is 21.8 Å². The van der Waals surface area contributed by atoms with E-state index in [1.165, 1.54) is 0 Å². The van der Waals surface area contributed by atoms with Gasteiger partial charge < -0.3 is 14.6 Å². The zero-order chi connectivity index (χ0) is 14.3. The first-order valence-corrected chi connectivity index (χ1v) is 8.35. The number of nitrogens with one attached hydrogen (secondary N) is 2. The molecule has 0 aromatic heterocycles. The average molecular weight is 288 g/mol. The van der Waals surface area contributed by atoms with E-state index >= 15 is 0 Å².